The number of ketones is 1. The van der Waals surface area contributed by atoms with Gasteiger partial charge in [-0.05, 0) is 48.9 Å². The Morgan fingerprint density at radius 3 is 2.21 bits per heavy atom. The summed E-state index contributed by atoms with van der Waals surface area (Å²) in [6, 6.07) is -5.21. The van der Waals surface area contributed by atoms with E-state index in [1.54, 1.807) is 20.8 Å². The Hall–Kier alpha value is -4.37. The average Bonchev–Trinajstić information content (AvgIpc) is 3.55. The number of nitrogens with one attached hydrogen (secondary N) is 4. The van der Waals surface area contributed by atoms with E-state index in [1.807, 2.05) is 13.8 Å². The van der Waals surface area contributed by atoms with Gasteiger partial charge in [-0.15, -0.1) is 6.58 Å². The minimum absolute atomic E-state index is 0.0235. The van der Waals surface area contributed by atoms with Crippen molar-refractivity contribution in [1.29, 1.82) is 0 Å². The minimum atomic E-state index is -4.67. The molecule has 1 aromatic rings. The fourth-order valence-electron chi connectivity index (χ4n) is 6.88. The summed E-state index contributed by atoms with van der Waals surface area (Å²) in [5.41, 5.74) is -0.875. The van der Waals surface area contributed by atoms with E-state index < -0.39 is 89.8 Å². The lowest BCUT2D eigenvalue weighted by Crippen LogP contribution is -2.62. The summed E-state index contributed by atoms with van der Waals surface area (Å²) >= 11 is 0. The van der Waals surface area contributed by atoms with E-state index in [1.165, 1.54) is 29.6 Å². The molecule has 16 heteroatoms. The number of likely N-dealkylation sites (tertiary alicyclic amines) is 1. The number of halogens is 3. The zero-order chi connectivity index (χ0) is 38.8. The lowest BCUT2D eigenvalue weighted by atomic mass is 9.82. The summed E-state index contributed by atoms with van der Waals surface area (Å²) in [6.07, 6.45) is 2.79. The van der Waals surface area contributed by atoms with Gasteiger partial charge >= 0.3 is 6.18 Å². The molecule has 1 aliphatic carbocycles. The van der Waals surface area contributed by atoms with Crippen molar-refractivity contribution in [2.24, 2.45) is 23.2 Å². The van der Waals surface area contributed by atoms with E-state index in [2.05, 4.69) is 37.8 Å². The summed E-state index contributed by atoms with van der Waals surface area (Å²) in [5, 5.41) is 10.3. The molecule has 2 heterocycles. The van der Waals surface area contributed by atoms with Crippen LogP contribution >= 0.6 is 0 Å². The van der Waals surface area contributed by atoms with Crippen molar-refractivity contribution in [1.82, 2.24) is 36.1 Å². The molecule has 2 aliphatic rings. The van der Waals surface area contributed by atoms with Crippen molar-refractivity contribution >= 4 is 35.3 Å². The molecule has 3 rings (SSSR count). The molecule has 4 N–H and O–H groups in total. The highest BCUT2D eigenvalue weighted by atomic mass is 19.4. The van der Waals surface area contributed by atoms with Gasteiger partial charge in [-0.2, -0.15) is 13.2 Å². The average molecular weight is 736 g/mol. The Morgan fingerprint density at radius 1 is 0.981 bits per heavy atom. The molecule has 1 aliphatic heterocycles. The Balaban J connectivity index is 1.91. The number of alkyl halides is 3. The van der Waals surface area contributed by atoms with E-state index in [9.17, 15) is 41.9 Å². The highest BCUT2D eigenvalue weighted by Crippen LogP contribution is 2.34. The Morgan fingerprint density at radius 2 is 1.65 bits per heavy atom. The van der Waals surface area contributed by atoms with Crippen LogP contribution in [-0.4, -0.2) is 93.6 Å². The standard InChI is InChI=1S/C36H52F3N7O6/c1-7-16-42-33(51)28(47)24(13-15-36(37,38)39)43-32(50)27-23(21(2)3)14-19-46(27)34(52)29(35(4,5)6)45-31(49)26(22-11-9-8-10-12-22)44-30(48)25-20-40-17-18-41-25/h7,17-18,20-24,26-27,29H,1,8-16,19H2,2-6H3,(H,42,51)(H,43,50)(H,44,48)(H,45,49)/t23-,24?,26+,27+,29-/m1/s1. The number of aromatic nitrogens is 2. The Bertz CT molecular complexity index is 1440. The summed E-state index contributed by atoms with van der Waals surface area (Å²) in [5.74, 6) is -5.92. The van der Waals surface area contributed by atoms with Crippen molar-refractivity contribution in [3.63, 3.8) is 0 Å². The van der Waals surface area contributed by atoms with Crippen molar-refractivity contribution in [3.8, 4) is 0 Å². The molecule has 1 aromatic heterocycles. The van der Waals surface area contributed by atoms with Gasteiger partial charge in [-0.3, -0.25) is 33.8 Å². The fourth-order valence-corrected chi connectivity index (χ4v) is 6.88. The first-order valence-electron chi connectivity index (χ1n) is 17.8. The van der Waals surface area contributed by atoms with Gasteiger partial charge in [-0.1, -0.05) is 60.0 Å². The topological polar surface area (TPSA) is 180 Å². The molecule has 52 heavy (non-hydrogen) atoms. The second-order valence-electron chi connectivity index (χ2n) is 15.0. The lowest BCUT2D eigenvalue weighted by Gasteiger charge is -2.38. The van der Waals surface area contributed by atoms with Crippen LogP contribution in [0.15, 0.2) is 31.2 Å². The zero-order valence-electron chi connectivity index (χ0n) is 30.6. The molecule has 13 nitrogen and oxygen atoms in total. The Labute approximate surface area is 302 Å². The van der Waals surface area contributed by atoms with Crippen molar-refractivity contribution < 1.29 is 41.9 Å². The molecule has 0 bridgehead atoms. The second kappa shape index (κ2) is 18.4. The third-order valence-corrected chi connectivity index (χ3v) is 9.72. The van der Waals surface area contributed by atoms with E-state index in [0.29, 0.717) is 19.3 Å². The first-order valence-corrected chi connectivity index (χ1v) is 17.8. The van der Waals surface area contributed by atoms with Crippen molar-refractivity contribution in [2.75, 3.05) is 13.1 Å². The normalized spacial score (nSPS) is 20.0. The van der Waals surface area contributed by atoms with Gasteiger partial charge in [0.25, 0.3) is 11.8 Å². The van der Waals surface area contributed by atoms with Crippen LogP contribution < -0.4 is 21.3 Å². The number of hydrogen-bond acceptors (Lipinski definition) is 8. The van der Waals surface area contributed by atoms with Crippen LogP contribution in [0, 0.1) is 23.2 Å². The maximum atomic E-state index is 14.5. The van der Waals surface area contributed by atoms with E-state index in [4.69, 9.17) is 0 Å². The van der Waals surface area contributed by atoms with Crippen LogP contribution in [0.1, 0.15) is 96.5 Å². The molecule has 1 saturated carbocycles. The van der Waals surface area contributed by atoms with Crippen LogP contribution in [-0.2, 0) is 24.0 Å². The van der Waals surface area contributed by atoms with E-state index >= 15 is 0 Å². The Kier molecular flexibility index (Phi) is 14.9. The van der Waals surface area contributed by atoms with Crippen LogP contribution in [0.4, 0.5) is 13.2 Å². The van der Waals surface area contributed by atoms with Crippen molar-refractivity contribution in [2.45, 2.75) is 116 Å². The molecular formula is C36H52F3N7O6. The SMILES string of the molecule is C=CCNC(=O)C(=O)C(CCC(F)(F)F)NC(=O)[C@@H]1[C@@H](C(C)C)CCN1C(=O)[C@@H](NC(=O)[C@@H](NC(=O)c1cnccn1)C1CCCCC1)C(C)(C)C. The molecule has 1 unspecified atom stereocenters. The van der Waals surface area contributed by atoms with Gasteiger partial charge in [0.05, 0.1) is 12.2 Å². The molecule has 0 aromatic carbocycles. The largest absolute Gasteiger partial charge is 0.389 e. The molecule has 5 amide bonds. The van der Waals surface area contributed by atoms with Gasteiger partial charge < -0.3 is 26.2 Å². The van der Waals surface area contributed by atoms with Crippen LogP contribution in [0.25, 0.3) is 0 Å². The van der Waals surface area contributed by atoms with E-state index in [0.717, 1.165) is 19.3 Å². The molecule has 0 radical (unpaired) electrons. The summed E-state index contributed by atoms with van der Waals surface area (Å²) in [6.45, 7) is 12.3. The first-order chi connectivity index (χ1) is 24.4. The maximum Gasteiger partial charge on any atom is 0.389 e. The highest BCUT2D eigenvalue weighted by Gasteiger charge is 2.48. The molecule has 2 fully saturated rings. The van der Waals surface area contributed by atoms with E-state index in [-0.39, 0.29) is 30.6 Å². The predicted octanol–water partition coefficient (Wildman–Crippen LogP) is 3.26. The van der Waals surface area contributed by atoms with Gasteiger partial charge in [-0.25, -0.2) is 4.98 Å². The third-order valence-electron chi connectivity index (χ3n) is 9.72. The number of carbonyl (C=O) groups excluding carboxylic acids is 6. The van der Waals surface area contributed by atoms with Gasteiger partial charge in [0, 0.05) is 31.9 Å². The van der Waals surface area contributed by atoms with Crippen LogP contribution in [0.3, 0.4) is 0 Å². The summed E-state index contributed by atoms with van der Waals surface area (Å²) in [7, 11) is 0. The van der Waals surface area contributed by atoms with Crippen LogP contribution in [0.2, 0.25) is 0 Å². The highest BCUT2D eigenvalue weighted by molar-refractivity contribution is 6.38. The third kappa shape index (κ3) is 11.6. The lowest BCUT2D eigenvalue weighted by molar-refractivity contribution is -0.148. The number of nitrogens with zero attached hydrogens (tertiary/aromatic N) is 3. The number of rotatable bonds is 15. The second-order valence-corrected chi connectivity index (χ2v) is 15.0. The smallest absolute Gasteiger partial charge is 0.346 e. The first kappa shape index (κ1) is 42.0. The molecule has 5 atom stereocenters. The monoisotopic (exact) mass is 735 g/mol. The molecule has 1 saturated heterocycles. The molecule has 288 valence electrons. The van der Waals surface area contributed by atoms with Crippen molar-refractivity contribution in [3.05, 3.63) is 36.9 Å². The number of Topliss-reactive ketones (excluding diaryl/α,β-unsaturated/α-hetero) is 1. The molecule has 0 spiro atoms. The quantitative estimate of drug-likeness (QED) is 0.157. The summed E-state index contributed by atoms with van der Waals surface area (Å²) < 4.78 is 39.7. The minimum Gasteiger partial charge on any atom is -0.346 e. The van der Waals surface area contributed by atoms with Crippen LogP contribution in [0.5, 0.6) is 0 Å². The van der Waals surface area contributed by atoms with Gasteiger partial charge in [0.1, 0.15) is 23.8 Å². The fraction of sp³-hybridized carbons (Fsp3) is 0.667. The summed E-state index contributed by atoms with van der Waals surface area (Å²) in [4.78, 5) is 90.4. The van der Waals surface area contributed by atoms with Gasteiger partial charge in [0.2, 0.25) is 23.5 Å². The van der Waals surface area contributed by atoms with Gasteiger partial charge in [0.15, 0.2) is 0 Å². The predicted molar refractivity (Wildman–Crippen MR) is 185 cm³/mol. The maximum absolute atomic E-state index is 14.5. The molecular weight excluding hydrogens is 683 g/mol. The number of amides is 5. The zero-order valence-corrected chi connectivity index (χ0v) is 30.6. The number of carbonyl (C=O) groups is 6. The number of hydrogen-bond donors (Lipinski definition) is 4.